The van der Waals surface area contributed by atoms with Crippen LogP contribution < -0.4 is 5.56 Å². The second-order valence-electron chi connectivity index (χ2n) is 8.69. The third-order valence-corrected chi connectivity index (χ3v) is 8.92. The van der Waals surface area contributed by atoms with Gasteiger partial charge in [0.25, 0.3) is 5.56 Å². The van der Waals surface area contributed by atoms with E-state index in [0.717, 1.165) is 42.6 Å². The number of carbonyl (C=O) groups excluding carboxylic acids is 1. The quantitative estimate of drug-likeness (QED) is 0.723. The molecule has 1 amide bonds. The number of aromatic nitrogens is 2. The van der Waals surface area contributed by atoms with Gasteiger partial charge < -0.3 is 9.88 Å². The number of piperazine rings is 1. The van der Waals surface area contributed by atoms with Gasteiger partial charge in [-0.05, 0) is 44.6 Å². The fourth-order valence-electron chi connectivity index (χ4n) is 4.59. The average molecular weight is 455 g/mol. The Morgan fingerprint density at radius 2 is 1.90 bits per heavy atom. The summed E-state index contributed by atoms with van der Waals surface area (Å²) in [4.78, 5) is 39.5. The van der Waals surface area contributed by atoms with Crippen molar-refractivity contribution in [1.82, 2.24) is 19.8 Å². The first-order valence-electron chi connectivity index (χ1n) is 10.2. The van der Waals surface area contributed by atoms with Crippen molar-refractivity contribution in [1.29, 1.82) is 0 Å². The number of fused-ring (bicyclic) bond motifs is 3. The lowest BCUT2D eigenvalue weighted by Crippen LogP contribution is -2.50. The Balaban J connectivity index is 1.27. The molecule has 1 saturated carbocycles. The maximum Gasteiger partial charge on any atom is 0.259 e. The summed E-state index contributed by atoms with van der Waals surface area (Å²) in [6.07, 6.45) is 4.90. The van der Waals surface area contributed by atoms with Crippen molar-refractivity contribution in [3.05, 3.63) is 26.6 Å². The highest BCUT2D eigenvalue weighted by Gasteiger charge is 2.68. The van der Waals surface area contributed by atoms with Gasteiger partial charge in [0, 0.05) is 31.1 Å². The average Bonchev–Trinajstić information content (AvgIpc) is 3.03. The number of aryl methyl sites for hydroxylation is 2. The number of amides is 1. The molecule has 0 radical (unpaired) electrons. The second kappa shape index (κ2) is 6.94. The number of nitrogens with zero attached hydrogens (tertiary/aromatic N) is 3. The predicted octanol–water partition coefficient (Wildman–Crippen LogP) is 3.09. The minimum atomic E-state index is -0.931. The van der Waals surface area contributed by atoms with Crippen molar-refractivity contribution in [2.45, 2.75) is 49.9 Å². The molecule has 2 aliphatic carbocycles. The van der Waals surface area contributed by atoms with Crippen LogP contribution in [0.1, 0.15) is 42.5 Å². The highest BCUT2D eigenvalue weighted by molar-refractivity contribution is 7.18. The third-order valence-electron chi connectivity index (χ3n) is 6.64. The summed E-state index contributed by atoms with van der Waals surface area (Å²) in [5.74, 6) is 0.745. The van der Waals surface area contributed by atoms with Crippen molar-refractivity contribution in [3.8, 4) is 0 Å². The van der Waals surface area contributed by atoms with Crippen LogP contribution >= 0.6 is 34.5 Å². The van der Waals surface area contributed by atoms with E-state index >= 15 is 0 Å². The van der Waals surface area contributed by atoms with Crippen molar-refractivity contribution in [2.24, 2.45) is 5.41 Å². The molecule has 5 rings (SSSR count). The summed E-state index contributed by atoms with van der Waals surface area (Å²) in [5, 5.41) is 0.798. The number of hydrogen-bond acceptors (Lipinski definition) is 5. The Hall–Kier alpha value is -1.15. The molecular weight excluding hydrogens is 431 g/mol. The minimum Gasteiger partial charge on any atom is -0.340 e. The highest BCUT2D eigenvalue weighted by Crippen LogP contribution is 2.64. The van der Waals surface area contributed by atoms with Crippen LogP contribution in [0.15, 0.2) is 4.79 Å². The molecule has 2 aromatic heterocycles. The molecule has 0 aromatic carbocycles. The van der Waals surface area contributed by atoms with Gasteiger partial charge in [0.2, 0.25) is 5.91 Å². The van der Waals surface area contributed by atoms with E-state index in [-0.39, 0.29) is 11.5 Å². The lowest BCUT2D eigenvalue weighted by molar-refractivity contribution is -0.138. The maximum atomic E-state index is 12.7. The first kappa shape index (κ1) is 19.8. The van der Waals surface area contributed by atoms with Gasteiger partial charge in [-0.15, -0.1) is 34.5 Å². The van der Waals surface area contributed by atoms with Gasteiger partial charge in [0.15, 0.2) is 0 Å². The predicted molar refractivity (Wildman–Crippen MR) is 116 cm³/mol. The van der Waals surface area contributed by atoms with Crippen LogP contribution in [0, 0.1) is 5.41 Å². The zero-order valence-electron chi connectivity index (χ0n) is 16.4. The fraction of sp³-hybridized carbons (Fsp3) is 0.650. The molecule has 9 heteroatoms. The number of halogens is 2. The molecule has 1 aliphatic heterocycles. The number of hydrogen-bond donors (Lipinski definition) is 1. The topological polar surface area (TPSA) is 69.3 Å². The smallest absolute Gasteiger partial charge is 0.259 e. The number of H-pyrrole nitrogens is 1. The summed E-state index contributed by atoms with van der Waals surface area (Å²) >= 11 is 14.0. The number of nitrogens with one attached hydrogen (secondary N) is 1. The van der Waals surface area contributed by atoms with Gasteiger partial charge in [-0.1, -0.05) is 0 Å². The Morgan fingerprint density at radius 1 is 1.21 bits per heavy atom. The molecule has 0 spiro atoms. The Labute approximate surface area is 183 Å². The zero-order valence-corrected chi connectivity index (χ0v) is 18.7. The summed E-state index contributed by atoms with van der Waals surface area (Å²) in [7, 11) is 0. The monoisotopic (exact) mass is 454 g/mol. The van der Waals surface area contributed by atoms with Crippen LogP contribution in [0.25, 0.3) is 10.2 Å². The number of rotatable bonds is 3. The van der Waals surface area contributed by atoms with Gasteiger partial charge >= 0.3 is 0 Å². The van der Waals surface area contributed by atoms with Crippen molar-refractivity contribution >= 4 is 50.7 Å². The second-order valence-corrected chi connectivity index (χ2v) is 11.3. The van der Waals surface area contributed by atoms with Crippen LogP contribution in [0.4, 0.5) is 0 Å². The lowest BCUT2D eigenvalue weighted by Gasteiger charge is -2.36. The first-order chi connectivity index (χ1) is 13.8. The van der Waals surface area contributed by atoms with E-state index in [4.69, 9.17) is 28.2 Å². The van der Waals surface area contributed by atoms with Gasteiger partial charge in [0.05, 0.1) is 17.3 Å². The van der Waals surface area contributed by atoms with Crippen LogP contribution in [0.5, 0.6) is 0 Å². The first-order valence-corrected chi connectivity index (χ1v) is 11.8. The van der Waals surface area contributed by atoms with Gasteiger partial charge in [-0.3, -0.25) is 14.5 Å². The molecule has 2 aromatic rings. The van der Waals surface area contributed by atoms with Crippen molar-refractivity contribution < 1.29 is 4.79 Å². The molecule has 156 valence electrons. The minimum absolute atomic E-state index is 0.0135. The molecule has 0 bridgehead atoms. The zero-order chi connectivity index (χ0) is 20.4. The summed E-state index contributed by atoms with van der Waals surface area (Å²) in [6.45, 7) is 5.18. The fourth-order valence-corrected chi connectivity index (χ4v) is 6.56. The number of alkyl halides is 2. The Bertz CT molecular complexity index is 1040. The number of aromatic amines is 1. The van der Waals surface area contributed by atoms with E-state index in [2.05, 4.69) is 9.88 Å². The molecule has 29 heavy (non-hydrogen) atoms. The molecule has 1 N–H and O–H groups in total. The van der Waals surface area contributed by atoms with E-state index in [1.807, 2.05) is 11.8 Å². The lowest BCUT2D eigenvalue weighted by atomic mass is 9.97. The number of thiophene rings is 1. The molecule has 1 saturated heterocycles. The maximum absolute atomic E-state index is 12.7. The summed E-state index contributed by atoms with van der Waals surface area (Å²) in [6, 6.07) is 0. The molecule has 1 atom stereocenters. The van der Waals surface area contributed by atoms with Crippen LogP contribution in [-0.2, 0) is 24.2 Å². The molecule has 3 aliphatic rings. The SMILES string of the molecule is CC1(C(=O)N2CCN(Cc3nc4sc5c(c4c(=O)[nH]3)CCCC5)CC2)CC1(Cl)Cl. The Morgan fingerprint density at radius 3 is 2.59 bits per heavy atom. The number of carbonyl (C=O) groups is 1. The normalized spacial score (nSPS) is 26.5. The van der Waals surface area contributed by atoms with E-state index in [1.165, 1.54) is 16.9 Å². The molecule has 2 fully saturated rings. The van der Waals surface area contributed by atoms with E-state index in [1.54, 1.807) is 11.3 Å². The highest BCUT2D eigenvalue weighted by atomic mass is 35.5. The van der Waals surface area contributed by atoms with Crippen molar-refractivity contribution in [2.75, 3.05) is 26.2 Å². The molecule has 6 nitrogen and oxygen atoms in total. The van der Waals surface area contributed by atoms with E-state index < -0.39 is 9.75 Å². The van der Waals surface area contributed by atoms with E-state index in [9.17, 15) is 9.59 Å². The molecule has 1 unspecified atom stereocenters. The van der Waals surface area contributed by atoms with Gasteiger partial charge in [0.1, 0.15) is 15.0 Å². The van der Waals surface area contributed by atoms with E-state index in [0.29, 0.717) is 31.9 Å². The van der Waals surface area contributed by atoms with Gasteiger partial charge in [-0.25, -0.2) is 4.98 Å². The van der Waals surface area contributed by atoms with Crippen LogP contribution in [0.3, 0.4) is 0 Å². The van der Waals surface area contributed by atoms with Gasteiger partial charge in [-0.2, -0.15) is 0 Å². The molecular formula is C20H24Cl2N4O2S. The largest absolute Gasteiger partial charge is 0.340 e. The van der Waals surface area contributed by atoms with Crippen LogP contribution in [-0.4, -0.2) is 56.2 Å². The van der Waals surface area contributed by atoms with Crippen LogP contribution in [0.2, 0.25) is 0 Å². The third kappa shape index (κ3) is 3.30. The summed E-state index contributed by atoms with van der Waals surface area (Å²) in [5.41, 5.74) is 0.543. The summed E-state index contributed by atoms with van der Waals surface area (Å²) < 4.78 is -0.931. The Kier molecular flexibility index (Phi) is 4.74. The standard InChI is InChI=1S/C20H24Cl2N4O2S/c1-19(11-20(19,21)22)18(28)26-8-6-25(7-9-26)10-14-23-16(27)15-12-4-2-3-5-13(12)29-17(15)24-14/h2-11H2,1H3,(H,23,24,27). The molecule has 3 heterocycles. The van der Waals surface area contributed by atoms with Crippen molar-refractivity contribution in [3.63, 3.8) is 0 Å².